The van der Waals surface area contributed by atoms with Gasteiger partial charge in [-0.05, 0) is 42.0 Å². The Morgan fingerprint density at radius 2 is 1.97 bits per heavy atom. The highest BCUT2D eigenvalue weighted by Gasteiger charge is 2.20. The number of halogens is 3. The molecule has 3 aromatic carbocycles. The van der Waals surface area contributed by atoms with Crippen molar-refractivity contribution in [2.24, 2.45) is 0 Å². The van der Waals surface area contributed by atoms with E-state index in [9.17, 15) is 14.3 Å². The van der Waals surface area contributed by atoms with Crippen LogP contribution in [0.25, 0.3) is 10.9 Å². The first-order chi connectivity index (χ1) is 15.9. The molecule has 1 unspecified atom stereocenters. The van der Waals surface area contributed by atoms with Gasteiger partial charge in [0, 0.05) is 45.7 Å². The van der Waals surface area contributed by atoms with Crippen molar-refractivity contribution in [2.45, 2.75) is 25.6 Å². The van der Waals surface area contributed by atoms with E-state index in [2.05, 4.69) is 26.2 Å². The van der Waals surface area contributed by atoms with Crippen molar-refractivity contribution < 1.29 is 19.0 Å². The van der Waals surface area contributed by atoms with E-state index in [4.69, 9.17) is 16.3 Å². The van der Waals surface area contributed by atoms with Crippen LogP contribution in [0.2, 0.25) is 5.02 Å². The van der Waals surface area contributed by atoms with E-state index in [-0.39, 0.29) is 23.7 Å². The lowest BCUT2D eigenvalue weighted by molar-refractivity contribution is -0.139. The van der Waals surface area contributed by atoms with Gasteiger partial charge in [0.2, 0.25) is 0 Å². The molecule has 5 nitrogen and oxygen atoms in total. The molecule has 0 saturated heterocycles. The number of aromatic amines is 1. The molecule has 0 aliphatic carbocycles. The highest BCUT2D eigenvalue weighted by molar-refractivity contribution is 9.10. The van der Waals surface area contributed by atoms with Gasteiger partial charge in [-0.2, -0.15) is 0 Å². The summed E-state index contributed by atoms with van der Waals surface area (Å²) in [6.45, 7) is 0.205. The number of aromatic nitrogens is 1. The van der Waals surface area contributed by atoms with Crippen LogP contribution in [-0.4, -0.2) is 22.1 Å². The molecule has 0 aliphatic rings. The number of rotatable bonds is 9. The topological polar surface area (TPSA) is 74.3 Å². The molecule has 8 heteroatoms. The third kappa shape index (κ3) is 5.55. The number of hydrogen-bond donors (Lipinski definition) is 3. The molecule has 4 aromatic rings. The van der Waals surface area contributed by atoms with Gasteiger partial charge in [-0.25, -0.2) is 4.39 Å². The lowest BCUT2D eigenvalue weighted by Crippen LogP contribution is -2.38. The van der Waals surface area contributed by atoms with E-state index in [0.717, 1.165) is 26.5 Å². The molecule has 3 N–H and O–H groups in total. The zero-order chi connectivity index (χ0) is 23.4. The minimum absolute atomic E-state index is 0.0438. The maximum absolute atomic E-state index is 14.1. The number of ether oxygens (including phenoxy) is 1. The maximum Gasteiger partial charge on any atom is 0.321 e. The van der Waals surface area contributed by atoms with E-state index >= 15 is 0 Å². The van der Waals surface area contributed by atoms with E-state index in [0.29, 0.717) is 12.2 Å². The Hall–Kier alpha value is -2.87. The fourth-order valence-corrected chi connectivity index (χ4v) is 4.27. The first kappa shape index (κ1) is 23.3. The Kier molecular flexibility index (Phi) is 7.33. The average Bonchev–Trinajstić information content (AvgIpc) is 3.20. The molecule has 4 rings (SSSR count). The van der Waals surface area contributed by atoms with E-state index in [1.54, 1.807) is 12.1 Å². The van der Waals surface area contributed by atoms with Gasteiger partial charge >= 0.3 is 5.97 Å². The molecular weight excluding hydrogens is 511 g/mol. The fourth-order valence-electron chi connectivity index (χ4n) is 3.65. The van der Waals surface area contributed by atoms with Gasteiger partial charge in [0.1, 0.15) is 24.2 Å². The number of carbonyl (C=O) groups is 1. The Labute approximate surface area is 203 Å². The van der Waals surface area contributed by atoms with Crippen LogP contribution in [0.15, 0.2) is 71.3 Å². The van der Waals surface area contributed by atoms with E-state index in [1.165, 1.54) is 12.1 Å². The molecule has 1 heterocycles. The van der Waals surface area contributed by atoms with Crippen LogP contribution in [-0.2, 0) is 24.4 Å². The molecule has 33 heavy (non-hydrogen) atoms. The number of H-pyrrole nitrogens is 1. The molecule has 0 radical (unpaired) electrons. The van der Waals surface area contributed by atoms with Crippen molar-refractivity contribution >= 4 is 44.4 Å². The Bertz CT molecular complexity index is 1270. The van der Waals surface area contributed by atoms with Crippen molar-refractivity contribution in [3.05, 3.63) is 98.9 Å². The van der Waals surface area contributed by atoms with Crippen molar-refractivity contribution in [2.75, 3.05) is 0 Å². The molecule has 1 atom stereocenters. The van der Waals surface area contributed by atoms with E-state index in [1.807, 2.05) is 42.6 Å². The summed E-state index contributed by atoms with van der Waals surface area (Å²) in [5.41, 5.74) is 2.89. The van der Waals surface area contributed by atoms with Crippen LogP contribution in [0, 0.1) is 5.82 Å². The van der Waals surface area contributed by atoms with Crippen molar-refractivity contribution in [1.29, 1.82) is 0 Å². The number of nitrogens with one attached hydrogen (secondary N) is 2. The molecule has 0 amide bonds. The third-order valence-corrected chi connectivity index (χ3v) is 6.24. The Morgan fingerprint density at radius 1 is 1.15 bits per heavy atom. The minimum Gasteiger partial charge on any atom is -0.488 e. The van der Waals surface area contributed by atoms with Gasteiger partial charge in [-0.1, -0.05) is 51.8 Å². The molecule has 0 spiro atoms. The number of aliphatic carboxylic acids is 1. The molecule has 0 fully saturated rings. The summed E-state index contributed by atoms with van der Waals surface area (Å²) in [5.74, 6) is -0.874. The molecule has 170 valence electrons. The van der Waals surface area contributed by atoms with Crippen LogP contribution >= 0.6 is 27.5 Å². The van der Waals surface area contributed by atoms with Crippen LogP contribution < -0.4 is 10.1 Å². The van der Waals surface area contributed by atoms with Crippen molar-refractivity contribution in [3.8, 4) is 5.75 Å². The summed E-state index contributed by atoms with van der Waals surface area (Å²) >= 11 is 9.54. The smallest absolute Gasteiger partial charge is 0.321 e. The van der Waals surface area contributed by atoms with Gasteiger partial charge in [0.25, 0.3) is 0 Å². The normalized spacial score (nSPS) is 12.1. The number of carboxylic acids is 1. The molecule has 0 aliphatic heterocycles. The maximum atomic E-state index is 14.1. The van der Waals surface area contributed by atoms with Gasteiger partial charge in [-0.3, -0.25) is 10.1 Å². The van der Waals surface area contributed by atoms with Crippen molar-refractivity contribution in [3.63, 3.8) is 0 Å². The Morgan fingerprint density at radius 3 is 2.76 bits per heavy atom. The summed E-state index contributed by atoms with van der Waals surface area (Å²) in [5, 5.41) is 14.2. The SMILES string of the molecule is O=C(O)C(Cc1c[nH]c2ccccc12)NCc1cc(Br)ccc1OCc1c(F)cccc1Cl. The second-order valence-corrected chi connectivity index (χ2v) is 8.90. The number of hydrogen-bond acceptors (Lipinski definition) is 3. The average molecular weight is 532 g/mol. The predicted octanol–water partition coefficient (Wildman–Crippen LogP) is 6.09. The van der Waals surface area contributed by atoms with Gasteiger partial charge in [0.15, 0.2) is 0 Å². The lowest BCUT2D eigenvalue weighted by Gasteiger charge is -2.17. The third-order valence-electron chi connectivity index (χ3n) is 5.39. The number of fused-ring (bicyclic) bond motifs is 1. The van der Waals surface area contributed by atoms with Crippen molar-refractivity contribution in [1.82, 2.24) is 10.3 Å². The number of para-hydroxylation sites is 1. The van der Waals surface area contributed by atoms with Gasteiger partial charge in [-0.15, -0.1) is 0 Å². The first-order valence-corrected chi connectivity index (χ1v) is 11.4. The quantitative estimate of drug-likeness (QED) is 0.244. The molecule has 0 bridgehead atoms. The molecular formula is C25H21BrClFN2O3. The Balaban J connectivity index is 1.49. The second-order valence-electron chi connectivity index (χ2n) is 7.58. The largest absolute Gasteiger partial charge is 0.488 e. The standard InChI is InChI=1S/C25H21BrClFN2O3/c26-17-8-9-24(33-14-19-20(27)5-3-6-21(19)28)16(10-17)13-30-23(25(31)32)11-15-12-29-22-7-2-1-4-18(15)22/h1-10,12,23,29-30H,11,13-14H2,(H,31,32). The first-order valence-electron chi connectivity index (χ1n) is 10.3. The summed E-state index contributed by atoms with van der Waals surface area (Å²) in [4.78, 5) is 15.1. The van der Waals surface area contributed by atoms with Crippen LogP contribution in [0.4, 0.5) is 4.39 Å². The summed E-state index contributed by atoms with van der Waals surface area (Å²) < 4.78 is 20.8. The lowest BCUT2D eigenvalue weighted by atomic mass is 10.0. The minimum atomic E-state index is -0.948. The zero-order valence-electron chi connectivity index (χ0n) is 17.4. The van der Waals surface area contributed by atoms with Crippen LogP contribution in [0.5, 0.6) is 5.75 Å². The number of carboxylic acid groups (broad SMARTS) is 1. The summed E-state index contributed by atoms with van der Waals surface area (Å²) in [6.07, 6.45) is 2.16. The zero-order valence-corrected chi connectivity index (χ0v) is 19.8. The summed E-state index contributed by atoms with van der Waals surface area (Å²) in [7, 11) is 0. The molecule has 1 aromatic heterocycles. The van der Waals surface area contributed by atoms with Gasteiger partial charge in [0.05, 0.1) is 5.02 Å². The fraction of sp³-hybridized carbons (Fsp3) is 0.160. The van der Waals surface area contributed by atoms with Gasteiger partial charge < -0.3 is 14.8 Å². The monoisotopic (exact) mass is 530 g/mol. The van der Waals surface area contributed by atoms with E-state index < -0.39 is 17.8 Å². The highest BCUT2D eigenvalue weighted by Crippen LogP contribution is 2.27. The number of benzene rings is 3. The second kappa shape index (κ2) is 10.4. The molecule has 0 saturated carbocycles. The summed E-state index contributed by atoms with van der Waals surface area (Å²) in [6, 6.07) is 16.8. The van der Waals surface area contributed by atoms with Crippen LogP contribution in [0.3, 0.4) is 0 Å². The predicted molar refractivity (Wildman–Crippen MR) is 130 cm³/mol. The van der Waals surface area contributed by atoms with Crippen LogP contribution in [0.1, 0.15) is 16.7 Å². The highest BCUT2D eigenvalue weighted by atomic mass is 79.9.